The van der Waals surface area contributed by atoms with Crippen LogP contribution in [0, 0.1) is 5.82 Å². The monoisotopic (exact) mass is 695 g/mol. The summed E-state index contributed by atoms with van der Waals surface area (Å²) in [6.07, 6.45) is -2.77. The van der Waals surface area contributed by atoms with Gasteiger partial charge in [-0.05, 0) is 73.5 Å². The van der Waals surface area contributed by atoms with Crippen LogP contribution in [-0.4, -0.2) is 61.6 Å². The average molecular weight is 696 g/mol. The van der Waals surface area contributed by atoms with Crippen molar-refractivity contribution in [2.24, 2.45) is 7.05 Å². The van der Waals surface area contributed by atoms with Gasteiger partial charge in [-0.3, -0.25) is 4.68 Å². The molecule has 2 N–H and O–H groups in total. The summed E-state index contributed by atoms with van der Waals surface area (Å²) in [4.78, 5) is -0.446. The Balaban J connectivity index is 1.74. The molecule has 48 heavy (non-hydrogen) atoms. The van der Waals surface area contributed by atoms with E-state index in [1.54, 1.807) is 0 Å². The number of aliphatic hydroxyl groups is 2. The standard InChI is InChI=1S/C31H27F6N5O5S/c1-29(2,44)30(33,34)28-14-24(41(3)39-28)21-10-7-18(19-11-23(32)22(16-43)27(13-19)48(4,45)46)12-25(21)42-26(15-38-40-42)17-5-8-20(9-6-17)47-31(35,36)37/h5-15,43-44H,16H2,1-4H3. The molecule has 10 nitrogen and oxygen atoms in total. The van der Waals surface area contributed by atoms with Crippen LogP contribution in [0.15, 0.2) is 71.8 Å². The minimum atomic E-state index is -4.92. The van der Waals surface area contributed by atoms with Crippen molar-refractivity contribution in [1.29, 1.82) is 0 Å². The second-order valence-electron chi connectivity index (χ2n) is 11.4. The van der Waals surface area contributed by atoms with Crippen LogP contribution in [0.4, 0.5) is 26.3 Å². The number of alkyl halides is 5. The second-order valence-corrected chi connectivity index (χ2v) is 13.4. The average Bonchev–Trinajstić information content (AvgIpc) is 3.62. The number of halogens is 6. The van der Waals surface area contributed by atoms with Gasteiger partial charge in [-0.1, -0.05) is 17.3 Å². The van der Waals surface area contributed by atoms with Gasteiger partial charge >= 0.3 is 12.3 Å². The van der Waals surface area contributed by atoms with Gasteiger partial charge in [0.05, 0.1) is 34.8 Å². The molecule has 3 aromatic carbocycles. The van der Waals surface area contributed by atoms with Crippen molar-refractivity contribution in [1.82, 2.24) is 24.8 Å². The second kappa shape index (κ2) is 12.1. The zero-order valence-electron chi connectivity index (χ0n) is 25.6. The third kappa shape index (κ3) is 6.65. The number of aryl methyl sites for hydroxylation is 1. The number of aromatic nitrogens is 5. The molecule has 0 aliphatic carbocycles. The van der Waals surface area contributed by atoms with Gasteiger partial charge in [-0.15, -0.1) is 18.3 Å². The molecule has 5 rings (SSSR count). The van der Waals surface area contributed by atoms with Crippen molar-refractivity contribution in [2.75, 3.05) is 6.26 Å². The van der Waals surface area contributed by atoms with Gasteiger partial charge in [0.1, 0.15) is 22.9 Å². The zero-order chi connectivity index (χ0) is 35.4. The van der Waals surface area contributed by atoms with Crippen LogP contribution in [0.2, 0.25) is 0 Å². The number of benzene rings is 3. The van der Waals surface area contributed by atoms with Crippen LogP contribution in [0.25, 0.3) is 39.3 Å². The van der Waals surface area contributed by atoms with Crippen molar-refractivity contribution >= 4 is 9.84 Å². The molecule has 0 atom stereocenters. The van der Waals surface area contributed by atoms with Gasteiger partial charge in [0.15, 0.2) is 9.84 Å². The Morgan fingerprint density at radius 1 is 0.896 bits per heavy atom. The van der Waals surface area contributed by atoms with Crippen LogP contribution in [0.5, 0.6) is 5.75 Å². The van der Waals surface area contributed by atoms with Gasteiger partial charge in [0.2, 0.25) is 0 Å². The fraction of sp³-hybridized carbons (Fsp3) is 0.258. The Kier molecular flexibility index (Phi) is 8.69. The Morgan fingerprint density at radius 3 is 2.12 bits per heavy atom. The molecule has 0 aliphatic rings. The van der Waals surface area contributed by atoms with Gasteiger partial charge in [0.25, 0.3) is 0 Å². The topological polar surface area (TPSA) is 132 Å². The van der Waals surface area contributed by atoms with E-state index in [0.717, 1.165) is 49.1 Å². The van der Waals surface area contributed by atoms with Gasteiger partial charge in [0, 0.05) is 30.0 Å². The first-order valence-electron chi connectivity index (χ1n) is 13.9. The maximum Gasteiger partial charge on any atom is 0.573 e. The molecule has 0 amide bonds. The van der Waals surface area contributed by atoms with E-state index in [1.165, 1.54) is 54.3 Å². The summed E-state index contributed by atoms with van der Waals surface area (Å²) >= 11 is 0. The SMILES string of the molecule is Cn1nc(C(F)(F)C(C)(C)O)cc1-c1ccc(-c2cc(F)c(CO)c(S(C)(=O)=O)c2)cc1-n1nncc1-c1ccc(OC(F)(F)F)cc1. The number of rotatable bonds is 9. The third-order valence-electron chi connectivity index (χ3n) is 7.45. The number of sulfone groups is 1. The summed E-state index contributed by atoms with van der Waals surface area (Å²) in [5.74, 6) is -5.26. The summed E-state index contributed by atoms with van der Waals surface area (Å²) < 4.78 is 115. The lowest BCUT2D eigenvalue weighted by molar-refractivity contribution is -0.274. The number of ether oxygens (including phenoxy) is 1. The summed E-state index contributed by atoms with van der Waals surface area (Å²) in [7, 11) is -2.61. The number of nitrogens with zero attached hydrogens (tertiary/aromatic N) is 5. The smallest absolute Gasteiger partial charge is 0.406 e. The van der Waals surface area contributed by atoms with E-state index in [9.17, 15) is 31.8 Å². The first kappa shape index (κ1) is 34.6. The van der Waals surface area contributed by atoms with Crippen molar-refractivity contribution in [3.05, 3.63) is 83.9 Å². The van der Waals surface area contributed by atoms with E-state index in [0.29, 0.717) is 5.56 Å². The minimum Gasteiger partial charge on any atom is -0.406 e. The highest BCUT2D eigenvalue weighted by molar-refractivity contribution is 7.90. The molecule has 17 heteroatoms. The maximum atomic E-state index is 15.1. The molecule has 0 radical (unpaired) electrons. The molecule has 0 fully saturated rings. The van der Waals surface area contributed by atoms with Gasteiger partial charge in [-0.2, -0.15) is 13.9 Å². The Hall–Kier alpha value is -4.74. The van der Waals surface area contributed by atoms with Crippen LogP contribution >= 0.6 is 0 Å². The van der Waals surface area contributed by atoms with E-state index >= 15 is 13.2 Å². The maximum absolute atomic E-state index is 15.1. The largest absolute Gasteiger partial charge is 0.573 e. The van der Waals surface area contributed by atoms with E-state index < -0.39 is 62.0 Å². The fourth-order valence-corrected chi connectivity index (χ4v) is 5.94. The number of hydrogen-bond donors (Lipinski definition) is 2. The zero-order valence-corrected chi connectivity index (χ0v) is 26.4. The van der Waals surface area contributed by atoms with E-state index in [4.69, 9.17) is 0 Å². The predicted molar refractivity (Wildman–Crippen MR) is 160 cm³/mol. The lowest BCUT2D eigenvalue weighted by atomic mass is 9.96. The number of hydrogen-bond acceptors (Lipinski definition) is 8. The highest BCUT2D eigenvalue weighted by Gasteiger charge is 2.49. The fourth-order valence-electron chi connectivity index (χ4n) is 4.99. The molecule has 5 aromatic rings. The van der Waals surface area contributed by atoms with Crippen LogP contribution in [0.3, 0.4) is 0 Å². The lowest BCUT2D eigenvalue weighted by Crippen LogP contribution is -2.40. The molecule has 2 aromatic heterocycles. The summed E-state index contributed by atoms with van der Waals surface area (Å²) in [6.45, 7) is 0.979. The van der Waals surface area contributed by atoms with Gasteiger partial charge in [-0.25, -0.2) is 17.5 Å². The predicted octanol–water partition coefficient (Wildman–Crippen LogP) is 5.80. The molecule has 0 saturated heterocycles. The van der Waals surface area contributed by atoms with Crippen LogP contribution in [0.1, 0.15) is 25.1 Å². The van der Waals surface area contributed by atoms with Crippen molar-refractivity contribution < 1.29 is 49.7 Å². The van der Waals surface area contributed by atoms with E-state index in [-0.39, 0.29) is 33.8 Å². The van der Waals surface area contributed by atoms with Crippen LogP contribution in [-0.2, 0) is 29.4 Å². The quantitative estimate of drug-likeness (QED) is 0.185. The van der Waals surface area contributed by atoms with Crippen molar-refractivity contribution in [3.8, 4) is 45.1 Å². The van der Waals surface area contributed by atoms with E-state index in [2.05, 4.69) is 20.1 Å². The molecule has 2 heterocycles. The molecule has 0 bridgehead atoms. The van der Waals surface area contributed by atoms with Crippen molar-refractivity contribution in [2.45, 2.75) is 43.2 Å². The molecule has 0 aliphatic heterocycles. The molecular formula is C31H27F6N5O5S. The molecule has 0 saturated carbocycles. The first-order valence-corrected chi connectivity index (χ1v) is 15.8. The van der Waals surface area contributed by atoms with Crippen molar-refractivity contribution in [3.63, 3.8) is 0 Å². The summed E-state index contributed by atoms with van der Waals surface area (Å²) in [5.41, 5.74) is -2.30. The highest BCUT2D eigenvalue weighted by Crippen LogP contribution is 2.41. The first-order chi connectivity index (χ1) is 22.2. The third-order valence-corrected chi connectivity index (χ3v) is 8.61. The Labute approximate surface area is 269 Å². The molecule has 0 unspecified atom stereocenters. The van der Waals surface area contributed by atoms with Crippen LogP contribution < -0.4 is 4.74 Å². The molecule has 0 spiro atoms. The molecule has 254 valence electrons. The normalized spacial score (nSPS) is 12.8. The minimum absolute atomic E-state index is 0.0764. The summed E-state index contributed by atoms with van der Waals surface area (Å²) in [5, 5.41) is 31.8. The lowest BCUT2D eigenvalue weighted by Gasteiger charge is -2.27. The van der Waals surface area contributed by atoms with E-state index in [1.807, 2.05) is 0 Å². The summed E-state index contributed by atoms with van der Waals surface area (Å²) in [6, 6.07) is 12.4. The van der Waals surface area contributed by atoms with Gasteiger partial charge < -0.3 is 14.9 Å². The highest BCUT2D eigenvalue weighted by atomic mass is 32.2. The number of aliphatic hydroxyl groups excluding tert-OH is 1. The Morgan fingerprint density at radius 2 is 1.54 bits per heavy atom. The molecular weight excluding hydrogens is 668 g/mol. The Bertz CT molecular complexity index is 2100.